The number of rotatable bonds is 12. The van der Waals surface area contributed by atoms with Gasteiger partial charge in [0.05, 0.1) is 0 Å². The van der Waals surface area contributed by atoms with Gasteiger partial charge in [-0.15, -0.1) is 0 Å². The van der Waals surface area contributed by atoms with E-state index in [-0.39, 0.29) is 4.93 Å². The van der Waals surface area contributed by atoms with Crippen LogP contribution in [-0.2, 0) is 9.09 Å². The third-order valence-corrected chi connectivity index (χ3v) is 5.73. The number of benzene rings is 1. The van der Waals surface area contributed by atoms with E-state index < -0.39 is 8.69 Å². The van der Waals surface area contributed by atoms with Gasteiger partial charge in [-0.2, -0.15) is 0 Å². The fourth-order valence-electron chi connectivity index (χ4n) is 2.45. The molecule has 0 saturated carbocycles. The number of hydrogen-bond acceptors (Lipinski definition) is 3. The van der Waals surface area contributed by atoms with Crippen molar-refractivity contribution in [1.29, 1.82) is 0 Å². The Labute approximate surface area is 135 Å². The zero-order chi connectivity index (χ0) is 15.4. The van der Waals surface area contributed by atoms with Gasteiger partial charge in [-0.25, -0.2) is 0 Å². The smallest absolute Gasteiger partial charge is 0.181 e. The highest BCUT2D eigenvalue weighted by atomic mass is 32.2. The van der Waals surface area contributed by atoms with Crippen molar-refractivity contribution >= 4 is 20.4 Å². The number of hydrogen-bond donors (Lipinski definition) is 0. The minimum Gasteiger partial charge on any atom is -0.314 e. The fraction of sp³-hybridized carbons (Fsp3) is 0.647. The van der Waals surface area contributed by atoms with Crippen LogP contribution in [0, 0.1) is 0 Å². The van der Waals surface area contributed by atoms with Gasteiger partial charge in [0.15, 0.2) is 8.69 Å². The average Bonchev–Trinajstić information content (AvgIpc) is 2.49. The van der Waals surface area contributed by atoms with Gasteiger partial charge >= 0.3 is 0 Å². The predicted octanol–water partition coefficient (Wildman–Crippen LogP) is 6.32. The lowest BCUT2D eigenvalue weighted by molar-refractivity contribution is 0.156. The molecule has 120 valence electrons. The summed E-state index contributed by atoms with van der Waals surface area (Å²) < 4.78 is 17.1. The minimum absolute atomic E-state index is 0.303. The second kappa shape index (κ2) is 11.3. The van der Waals surface area contributed by atoms with Crippen LogP contribution in [-0.4, -0.2) is 4.93 Å². The van der Waals surface area contributed by atoms with Crippen LogP contribution in [0.15, 0.2) is 35.2 Å². The number of thioether (sulfide) groups is 1. The molecule has 1 rings (SSSR count). The van der Waals surface area contributed by atoms with Gasteiger partial charge in [0.2, 0.25) is 0 Å². The molecule has 0 aliphatic heterocycles. The maximum Gasteiger partial charge on any atom is 0.181 e. The normalized spacial score (nSPS) is 12.3. The Bertz CT molecular complexity index is 374. The lowest BCUT2D eigenvalue weighted by Crippen LogP contribution is -2.25. The second-order valence-corrected chi connectivity index (χ2v) is 7.30. The number of unbranched alkanes of at least 4 members (excludes halogenated alkanes) is 4. The van der Waals surface area contributed by atoms with Crippen LogP contribution in [0.4, 0.5) is 0 Å². The van der Waals surface area contributed by atoms with E-state index in [0.717, 1.165) is 25.7 Å². The third kappa shape index (κ3) is 7.54. The maximum absolute atomic E-state index is 11.2. The molecular weight excluding hydrogens is 299 g/mol. The predicted molar refractivity (Wildman–Crippen MR) is 94.8 cm³/mol. The quantitative estimate of drug-likeness (QED) is 0.194. The Morgan fingerprint density at radius 2 is 1.57 bits per heavy atom. The molecule has 0 N–H and O–H groups in total. The Morgan fingerprint density at radius 1 is 1.00 bits per heavy atom. The highest BCUT2D eigenvalue weighted by Gasteiger charge is 2.31. The molecule has 1 aromatic rings. The lowest BCUT2D eigenvalue weighted by Gasteiger charge is -2.31. The summed E-state index contributed by atoms with van der Waals surface area (Å²) in [7, 11) is -1.17. The van der Waals surface area contributed by atoms with Crippen LogP contribution in [0.3, 0.4) is 0 Å². The van der Waals surface area contributed by atoms with Crippen molar-refractivity contribution in [1.82, 2.24) is 0 Å². The van der Waals surface area contributed by atoms with E-state index >= 15 is 0 Å². The summed E-state index contributed by atoms with van der Waals surface area (Å²) >= 11 is 1.76. The molecule has 21 heavy (non-hydrogen) atoms. The zero-order valence-electron chi connectivity index (χ0n) is 13.3. The molecule has 0 spiro atoms. The molecular formula is C17H29O2PS. The Hall–Kier alpha value is -0.240. The molecule has 1 atom stereocenters. The molecule has 4 heteroatoms. The zero-order valence-corrected chi connectivity index (χ0v) is 15.3. The van der Waals surface area contributed by atoms with Crippen LogP contribution in [0.25, 0.3) is 0 Å². The molecule has 2 nitrogen and oxygen atoms in total. The van der Waals surface area contributed by atoms with Gasteiger partial charge in [0.25, 0.3) is 0 Å². The molecule has 1 unspecified atom stereocenters. The SMILES string of the molecule is CCCCCC(CCCCC)(O[PH2]=O)Sc1ccccc1. The van der Waals surface area contributed by atoms with Crippen molar-refractivity contribution in [3.8, 4) is 0 Å². The first kappa shape index (κ1) is 18.8. The van der Waals surface area contributed by atoms with Gasteiger partial charge in [0.1, 0.15) is 4.93 Å². The van der Waals surface area contributed by atoms with Crippen LogP contribution >= 0.6 is 20.4 Å². The van der Waals surface area contributed by atoms with Crippen molar-refractivity contribution in [2.24, 2.45) is 0 Å². The maximum atomic E-state index is 11.2. The molecule has 1 aromatic carbocycles. The van der Waals surface area contributed by atoms with Crippen LogP contribution in [0.2, 0.25) is 0 Å². The minimum atomic E-state index is -1.17. The summed E-state index contributed by atoms with van der Waals surface area (Å²) in [5.74, 6) is 0. The van der Waals surface area contributed by atoms with Gasteiger partial charge < -0.3 is 4.52 Å². The summed E-state index contributed by atoms with van der Waals surface area (Å²) in [5.41, 5.74) is 0. The summed E-state index contributed by atoms with van der Waals surface area (Å²) in [6.07, 6.45) is 9.07. The highest BCUT2D eigenvalue weighted by Crippen LogP contribution is 2.44. The summed E-state index contributed by atoms with van der Waals surface area (Å²) in [6, 6.07) is 10.4. The Morgan fingerprint density at radius 3 is 2.05 bits per heavy atom. The molecule has 0 radical (unpaired) electrons. The van der Waals surface area contributed by atoms with Gasteiger partial charge in [0, 0.05) is 4.90 Å². The van der Waals surface area contributed by atoms with Crippen molar-refractivity contribution < 1.29 is 9.09 Å². The standard InChI is InChI=1S/C17H29O2PS/c1-3-5-10-14-17(19-20-18,15-11-6-4-2)21-16-12-8-7-9-13-16/h7-9,12-13H,3-6,10-11,14-15,20H2,1-2H3. The third-order valence-electron chi connectivity index (χ3n) is 3.63. The molecule has 0 aromatic heterocycles. The molecule has 0 aliphatic rings. The van der Waals surface area contributed by atoms with Crippen molar-refractivity contribution in [3.05, 3.63) is 30.3 Å². The Balaban J connectivity index is 2.78. The summed E-state index contributed by atoms with van der Waals surface area (Å²) in [5, 5.41) is 0. The van der Waals surface area contributed by atoms with Gasteiger partial charge in [-0.05, 0) is 37.8 Å². The van der Waals surface area contributed by atoms with Crippen molar-refractivity contribution in [2.75, 3.05) is 0 Å². The van der Waals surface area contributed by atoms with Crippen molar-refractivity contribution in [3.63, 3.8) is 0 Å². The second-order valence-electron chi connectivity index (χ2n) is 5.45. The van der Waals surface area contributed by atoms with E-state index in [4.69, 9.17) is 4.52 Å². The van der Waals surface area contributed by atoms with Crippen LogP contribution < -0.4 is 0 Å². The van der Waals surface area contributed by atoms with Crippen LogP contribution in [0.5, 0.6) is 0 Å². The summed E-state index contributed by atoms with van der Waals surface area (Å²) in [4.78, 5) is 0.904. The van der Waals surface area contributed by atoms with E-state index in [1.54, 1.807) is 11.8 Å². The first-order valence-electron chi connectivity index (χ1n) is 8.12. The van der Waals surface area contributed by atoms with E-state index in [1.807, 2.05) is 6.07 Å². The average molecular weight is 328 g/mol. The molecule has 0 aliphatic carbocycles. The Kier molecular flexibility index (Phi) is 10.2. The van der Waals surface area contributed by atoms with Gasteiger partial charge in [-0.1, -0.05) is 69.5 Å². The molecule has 0 heterocycles. The molecule has 0 amide bonds. The van der Waals surface area contributed by atoms with Crippen LogP contribution in [0.1, 0.15) is 65.2 Å². The fourth-order valence-corrected chi connectivity index (χ4v) is 4.39. The van der Waals surface area contributed by atoms with E-state index in [9.17, 15) is 4.57 Å². The first-order valence-corrected chi connectivity index (χ1v) is 9.88. The van der Waals surface area contributed by atoms with Gasteiger partial charge in [-0.3, -0.25) is 4.57 Å². The van der Waals surface area contributed by atoms with E-state index in [1.165, 1.54) is 30.6 Å². The highest BCUT2D eigenvalue weighted by molar-refractivity contribution is 8.00. The topological polar surface area (TPSA) is 26.3 Å². The molecule has 0 saturated heterocycles. The monoisotopic (exact) mass is 328 g/mol. The van der Waals surface area contributed by atoms with Crippen molar-refractivity contribution in [2.45, 2.75) is 75.0 Å². The van der Waals surface area contributed by atoms with E-state index in [0.29, 0.717) is 0 Å². The molecule has 0 bridgehead atoms. The summed E-state index contributed by atoms with van der Waals surface area (Å²) in [6.45, 7) is 4.42. The molecule has 0 fully saturated rings. The van der Waals surface area contributed by atoms with E-state index in [2.05, 4.69) is 38.1 Å². The first-order chi connectivity index (χ1) is 10.3. The largest absolute Gasteiger partial charge is 0.314 e. The lowest BCUT2D eigenvalue weighted by atomic mass is 10.0.